The maximum Gasteiger partial charge on any atom is 0.298 e. The average Bonchev–Trinajstić information content (AvgIpc) is 2.85. The second-order valence-corrected chi connectivity index (χ2v) is 10.5. The number of anilines is 2. The summed E-state index contributed by atoms with van der Waals surface area (Å²) in [4.78, 5) is -1.15. The Balaban J connectivity index is 1.63. The molecule has 6 N–H and O–H groups in total. The molecule has 0 heterocycles. The van der Waals surface area contributed by atoms with Gasteiger partial charge in [-0.1, -0.05) is 0 Å². The smallest absolute Gasteiger partial charge is 0.298 e. The quantitative estimate of drug-likeness (QED) is 0.124. The minimum atomic E-state index is -4.72. The van der Waals surface area contributed by atoms with Gasteiger partial charge in [0, 0.05) is 11.4 Å². The number of hydrogen-bond acceptors (Lipinski definition) is 10. The first kappa shape index (κ1) is 26.6. The van der Waals surface area contributed by atoms with E-state index in [4.69, 9.17) is 20.9 Å². The van der Waals surface area contributed by atoms with Gasteiger partial charge in [-0.15, -0.1) is 0 Å². The fourth-order valence-corrected chi connectivity index (χ4v) is 4.40. The van der Waals surface area contributed by atoms with Crippen molar-refractivity contribution in [2.45, 2.75) is 9.79 Å². The van der Waals surface area contributed by atoms with Crippen LogP contribution in [0.5, 0.6) is 23.0 Å². The summed E-state index contributed by atoms with van der Waals surface area (Å²) in [6, 6.07) is 19.6. The Morgan fingerprint density at radius 1 is 0.553 bits per heavy atom. The van der Waals surface area contributed by atoms with E-state index >= 15 is 0 Å². The van der Waals surface area contributed by atoms with Crippen LogP contribution in [0.15, 0.2) is 105 Å². The van der Waals surface area contributed by atoms with Gasteiger partial charge < -0.3 is 20.9 Å². The maximum atomic E-state index is 12.0. The van der Waals surface area contributed by atoms with Gasteiger partial charge in [-0.25, -0.2) is 0 Å². The van der Waals surface area contributed by atoms with Gasteiger partial charge in [0.1, 0.15) is 32.8 Å². The predicted octanol–water partition coefficient (Wildman–Crippen LogP) is 5.34. The van der Waals surface area contributed by atoms with Crippen molar-refractivity contribution in [3.63, 3.8) is 0 Å². The van der Waals surface area contributed by atoms with E-state index in [1.54, 1.807) is 24.3 Å². The summed E-state index contributed by atoms with van der Waals surface area (Å²) in [5, 5.41) is 7.81. The van der Waals surface area contributed by atoms with Gasteiger partial charge in [0.25, 0.3) is 20.2 Å². The molecule has 0 saturated heterocycles. The monoisotopic (exact) mass is 556 g/mol. The molecule has 0 atom stereocenters. The summed E-state index contributed by atoms with van der Waals surface area (Å²) in [6.07, 6.45) is 0. The number of ether oxygens (including phenoxy) is 2. The van der Waals surface area contributed by atoms with Crippen LogP contribution >= 0.6 is 0 Å². The molecule has 0 spiro atoms. The molecule has 4 aromatic rings. The van der Waals surface area contributed by atoms with Crippen molar-refractivity contribution in [1.82, 2.24) is 0 Å². The van der Waals surface area contributed by atoms with Gasteiger partial charge in [-0.3, -0.25) is 9.11 Å². The SMILES string of the molecule is Nc1ccc(Oc2ccc(N=Nc3ccc(Oc4ccc(N)cc4)c(S(=O)(=O)O)c3)cc2S(=O)(=O)O)cc1. The number of rotatable bonds is 8. The van der Waals surface area contributed by atoms with Crippen molar-refractivity contribution >= 4 is 43.0 Å². The van der Waals surface area contributed by atoms with Crippen LogP contribution in [0.3, 0.4) is 0 Å². The number of nitrogens with two attached hydrogens (primary N) is 2. The molecule has 0 amide bonds. The lowest BCUT2D eigenvalue weighted by molar-refractivity contribution is 0.448. The molecular weight excluding hydrogens is 536 g/mol. The number of hydrogen-bond donors (Lipinski definition) is 4. The number of azo groups is 1. The molecule has 14 heteroatoms. The molecule has 0 bridgehead atoms. The van der Waals surface area contributed by atoms with Gasteiger partial charge in [-0.2, -0.15) is 27.1 Å². The summed E-state index contributed by atoms with van der Waals surface area (Å²) in [7, 11) is -9.44. The largest absolute Gasteiger partial charge is 0.456 e. The zero-order valence-electron chi connectivity index (χ0n) is 19.3. The Hall–Kier alpha value is -4.50. The molecule has 196 valence electrons. The molecule has 0 unspecified atom stereocenters. The van der Waals surface area contributed by atoms with Crippen LogP contribution in [0.25, 0.3) is 0 Å². The van der Waals surface area contributed by atoms with Crippen LogP contribution in [0.1, 0.15) is 0 Å². The lowest BCUT2D eigenvalue weighted by Crippen LogP contribution is -2.01. The molecule has 0 fully saturated rings. The molecule has 0 aliphatic rings. The summed E-state index contributed by atoms with van der Waals surface area (Å²) < 4.78 is 78.3. The van der Waals surface area contributed by atoms with E-state index in [1.807, 2.05) is 0 Å². The Kier molecular flexibility index (Phi) is 7.32. The molecule has 4 rings (SSSR count). The van der Waals surface area contributed by atoms with Crippen molar-refractivity contribution in [2.75, 3.05) is 11.5 Å². The molecule has 12 nitrogen and oxygen atoms in total. The maximum absolute atomic E-state index is 12.0. The van der Waals surface area contributed by atoms with Crippen molar-refractivity contribution in [1.29, 1.82) is 0 Å². The van der Waals surface area contributed by atoms with Crippen molar-refractivity contribution in [2.24, 2.45) is 10.2 Å². The number of nitrogen functional groups attached to an aromatic ring is 2. The summed E-state index contributed by atoms with van der Waals surface area (Å²) in [5.41, 5.74) is 12.2. The Morgan fingerprint density at radius 3 is 1.21 bits per heavy atom. The third kappa shape index (κ3) is 6.63. The minimum Gasteiger partial charge on any atom is -0.456 e. The van der Waals surface area contributed by atoms with Crippen molar-refractivity contribution in [3.05, 3.63) is 84.9 Å². The van der Waals surface area contributed by atoms with Gasteiger partial charge in [0.15, 0.2) is 0 Å². The normalized spacial score (nSPS) is 11.9. The standard InChI is InChI=1S/C24H20N4O8S2/c25-15-1-7-19(8-2-15)35-21-11-5-17(13-23(21)37(29,30)31)27-28-18-6-12-22(24(14-18)38(32,33)34)36-20-9-3-16(26)4-10-20/h1-14H,25-26H2,(H,29,30,31)(H,32,33,34). The lowest BCUT2D eigenvalue weighted by atomic mass is 10.3. The van der Waals surface area contributed by atoms with Crippen LogP contribution in [0.2, 0.25) is 0 Å². The summed E-state index contributed by atoms with van der Waals surface area (Å²) in [6.45, 7) is 0. The third-order valence-electron chi connectivity index (χ3n) is 4.91. The van der Waals surface area contributed by atoms with E-state index in [9.17, 15) is 25.9 Å². The van der Waals surface area contributed by atoms with E-state index in [0.717, 1.165) is 12.1 Å². The molecule has 0 aliphatic carbocycles. The van der Waals surface area contributed by atoms with Gasteiger partial charge in [-0.05, 0) is 84.9 Å². The predicted molar refractivity (Wildman–Crippen MR) is 139 cm³/mol. The van der Waals surface area contributed by atoms with Crippen LogP contribution in [0, 0.1) is 0 Å². The highest BCUT2D eigenvalue weighted by atomic mass is 32.2. The number of benzene rings is 4. The highest BCUT2D eigenvalue weighted by Crippen LogP contribution is 2.35. The Morgan fingerprint density at radius 2 is 0.895 bits per heavy atom. The van der Waals surface area contributed by atoms with E-state index < -0.39 is 30.0 Å². The van der Waals surface area contributed by atoms with Crippen LogP contribution in [0.4, 0.5) is 22.7 Å². The fraction of sp³-hybridized carbons (Fsp3) is 0. The van der Waals surface area contributed by atoms with E-state index in [-0.39, 0.29) is 34.4 Å². The van der Waals surface area contributed by atoms with Crippen LogP contribution in [-0.4, -0.2) is 25.9 Å². The molecule has 0 aliphatic heterocycles. The van der Waals surface area contributed by atoms with Gasteiger partial charge in [0.2, 0.25) is 0 Å². The summed E-state index contributed by atoms with van der Waals surface area (Å²) >= 11 is 0. The van der Waals surface area contributed by atoms with E-state index in [2.05, 4.69) is 10.2 Å². The second-order valence-electron chi connectivity index (χ2n) is 7.75. The van der Waals surface area contributed by atoms with E-state index in [0.29, 0.717) is 11.4 Å². The van der Waals surface area contributed by atoms with Gasteiger partial charge in [0.05, 0.1) is 11.4 Å². The Bertz CT molecular complexity index is 1590. The lowest BCUT2D eigenvalue weighted by Gasteiger charge is -2.10. The highest BCUT2D eigenvalue weighted by molar-refractivity contribution is 7.86. The zero-order valence-corrected chi connectivity index (χ0v) is 20.9. The second kappa shape index (κ2) is 10.5. The van der Waals surface area contributed by atoms with Crippen LogP contribution < -0.4 is 20.9 Å². The molecular formula is C24H20N4O8S2. The minimum absolute atomic E-state index is 0.00196. The first-order valence-electron chi connectivity index (χ1n) is 10.6. The molecule has 0 saturated carbocycles. The highest BCUT2D eigenvalue weighted by Gasteiger charge is 2.20. The molecule has 4 aromatic carbocycles. The first-order chi connectivity index (χ1) is 17.9. The molecule has 38 heavy (non-hydrogen) atoms. The third-order valence-corrected chi connectivity index (χ3v) is 6.66. The zero-order chi connectivity index (χ0) is 27.5. The Labute approximate surface area is 217 Å². The van der Waals surface area contributed by atoms with Crippen molar-refractivity contribution < 1.29 is 35.4 Å². The van der Waals surface area contributed by atoms with Crippen molar-refractivity contribution in [3.8, 4) is 23.0 Å². The average molecular weight is 557 g/mol. The fourth-order valence-electron chi connectivity index (χ4n) is 3.13. The van der Waals surface area contributed by atoms with E-state index in [1.165, 1.54) is 48.5 Å². The molecule has 0 radical (unpaired) electrons. The number of nitrogens with zero attached hydrogens (tertiary/aromatic N) is 2. The first-order valence-corrected chi connectivity index (χ1v) is 13.5. The molecule has 0 aromatic heterocycles. The van der Waals surface area contributed by atoms with Gasteiger partial charge >= 0.3 is 0 Å². The topological polar surface area (TPSA) is 204 Å². The van der Waals surface area contributed by atoms with Crippen LogP contribution in [-0.2, 0) is 20.2 Å². The summed E-state index contributed by atoms with van der Waals surface area (Å²) in [5.74, 6) is 0.207.